The third-order valence-corrected chi connectivity index (χ3v) is 8.24. The summed E-state index contributed by atoms with van der Waals surface area (Å²) in [6.45, 7) is 5.55. The molecule has 1 aromatic rings. The van der Waals surface area contributed by atoms with Gasteiger partial charge in [-0.15, -0.1) is 0 Å². The van der Waals surface area contributed by atoms with Crippen molar-refractivity contribution in [2.75, 3.05) is 27.3 Å². The van der Waals surface area contributed by atoms with Gasteiger partial charge in [-0.3, -0.25) is 4.79 Å². The lowest BCUT2D eigenvalue weighted by molar-refractivity contribution is -0.149. The SMILES string of the molecule is COC(=O)C1(NS(=O)(=O)C2(OC)C=CC(c3ccccc3)=CC2)CCN(C(=O)OC(C)(C)C)CC1. The molecule has 1 atom stereocenters. The van der Waals surface area contributed by atoms with Crippen LogP contribution in [0.4, 0.5) is 4.79 Å². The number of piperidine rings is 1. The average molecular weight is 507 g/mol. The molecule has 1 fully saturated rings. The number of likely N-dealkylation sites (tertiary alicyclic amines) is 1. The van der Waals surface area contributed by atoms with E-state index in [0.717, 1.165) is 11.1 Å². The smallest absolute Gasteiger partial charge is 0.410 e. The summed E-state index contributed by atoms with van der Waals surface area (Å²) in [6.07, 6.45) is 4.62. The third kappa shape index (κ3) is 5.76. The number of rotatable bonds is 6. The first-order valence-electron chi connectivity index (χ1n) is 11.5. The Morgan fingerprint density at radius 2 is 1.69 bits per heavy atom. The quantitative estimate of drug-likeness (QED) is 0.590. The highest BCUT2D eigenvalue weighted by atomic mass is 32.2. The summed E-state index contributed by atoms with van der Waals surface area (Å²) in [5.74, 6) is -0.712. The number of hydrogen-bond donors (Lipinski definition) is 1. The maximum Gasteiger partial charge on any atom is 0.410 e. The molecule has 1 N–H and O–H groups in total. The number of nitrogens with zero attached hydrogens (tertiary/aromatic N) is 1. The number of benzene rings is 1. The molecule has 0 radical (unpaired) electrons. The molecule has 10 heteroatoms. The van der Waals surface area contributed by atoms with Gasteiger partial charge in [0.25, 0.3) is 0 Å². The number of sulfonamides is 1. The molecular formula is C25H34N2O7S. The molecule has 9 nitrogen and oxygen atoms in total. The maximum atomic E-state index is 13.6. The minimum absolute atomic E-state index is 0.0345. The van der Waals surface area contributed by atoms with Crippen molar-refractivity contribution in [1.29, 1.82) is 0 Å². The molecule has 3 rings (SSSR count). The van der Waals surface area contributed by atoms with Crippen LogP contribution in [-0.4, -0.2) is 68.8 Å². The van der Waals surface area contributed by atoms with Crippen LogP contribution in [0.2, 0.25) is 0 Å². The van der Waals surface area contributed by atoms with Crippen LogP contribution in [0.1, 0.15) is 45.6 Å². The van der Waals surface area contributed by atoms with Gasteiger partial charge in [0.2, 0.25) is 15.0 Å². The Labute approximate surface area is 207 Å². The highest BCUT2D eigenvalue weighted by molar-refractivity contribution is 7.91. The number of nitrogens with one attached hydrogen (secondary N) is 1. The van der Waals surface area contributed by atoms with E-state index in [1.807, 2.05) is 30.3 Å². The summed E-state index contributed by atoms with van der Waals surface area (Å²) in [7, 11) is -1.69. The van der Waals surface area contributed by atoms with Gasteiger partial charge in [0.15, 0.2) is 0 Å². The van der Waals surface area contributed by atoms with Gasteiger partial charge in [0.05, 0.1) is 7.11 Å². The van der Waals surface area contributed by atoms with Crippen molar-refractivity contribution >= 4 is 27.7 Å². The van der Waals surface area contributed by atoms with Crippen LogP contribution in [-0.2, 0) is 29.0 Å². The summed E-state index contributed by atoms with van der Waals surface area (Å²) in [5, 5.41) is 0. The molecule has 1 heterocycles. The summed E-state index contributed by atoms with van der Waals surface area (Å²) in [4.78, 5) is 25.0. The Bertz CT molecular complexity index is 1100. The lowest BCUT2D eigenvalue weighted by Crippen LogP contribution is -2.64. The van der Waals surface area contributed by atoms with Gasteiger partial charge in [0, 0.05) is 26.6 Å². The Balaban J connectivity index is 1.81. The fourth-order valence-corrected chi connectivity index (χ4v) is 5.94. The molecule has 35 heavy (non-hydrogen) atoms. The minimum Gasteiger partial charge on any atom is -0.468 e. The second-order valence-corrected chi connectivity index (χ2v) is 11.6. The second-order valence-electron chi connectivity index (χ2n) is 9.73. The van der Waals surface area contributed by atoms with Crippen LogP contribution in [0, 0.1) is 0 Å². The van der Waals surface area contributed by atoms with Gasteiger partial charge in [-0.1, -0.05) is 42.5 Å². The number of esters is 1. The second kappa shape index (κ2) is 10.1. The summed E-state index contributed by atoms with van der Waals surface area (Å²) < 4.78 is 45.8. The van der Waals surface area contributed by atoms with Crippen molar-refractivity contribution in [2.24, 2.45) is 0 Å². The Hall–Kier alpha value is -2.69. The summed E-state index contributed by atoms with van der Waals surface area (Å²) in [5.41, 5.74) is -0.365. The molecule has 2 aliphatic rings. The van der Waals surface area contributed by atoms with Crippen LogP contribution in [0.15, 0.2) is 48.6 Å². The Morgan fingerprint density at radius 1 is 1.06 bits per heavy atom. The average Bonchev–Trinajstić information content (AvgIpc) is 2.83. The maximum absolute atomic E-state index is 13.6. The molecular weight excluding hydrogens is 472 g/mol. The van der Waals surface area contributed by atoms with E-state index in [4.69, 9.17) is 14.2 Å². The van der Waals surface area contributed by atoms with E-state index in [2.05, 4.69) is 4.72 Å². The first-order valence-corrected chi connectivity index (χ1v) is 13.0. The first-order chi connectivity index (χ1) is 16.4. The topological polar surface area (TPSA) is 111 Å². The zero-order chi connectivity index (χ0) is 25.9. The van der Waals surface area contributed by atoms with Crippen molar-refractivity contribution in [1.82, 2.24) is 9.62 Å². The van der Waals surface area contributed by atoms with E-state index in [1.165, 1.54) is 25.2 Å². The Kier molecular flexibility index (Phi) is 7.78. The van der Waals surface area contributed by atoms with Gasteiger partial charge in [-0.25, -0.2) is 13.2 Å². The molecule has 192 valence electrons. The number of methoxy groups -OCH3 is 2. The standard InChI is InChI=1S/C25H34N2O7S/c1-23(2,3)34-22(29)27-17-15-24(16-18-27,21(28)32-4)26-35(30,31)25(33-5)13-11-20(12-14-25)19-9-7-6-8-10-19/h6-13,26H,14-18H2,1-5H3. The van der Waals surface area contributed by atoms with Gasteiger partial charge in [-0.05, 0) is 50.8 Å². The van der Waals surface area contributed by atoms with E-state index in [0.29, 0.717) is 0 Å². The molecule has 0 aromatic heterocycles. The number of hydrogen-bond acceptors (Lipinski definition) is 7. The van der Waals surface area contributed by atoms with Gasteiger partial charge in [0.1, 0.15) is 11.1 Å². The zero-order valence-corrected chi connectivity index (χ0v) is 21.7. The van der Waals surface area contributed by atoms with Crippen molar-refractivity contribution in [3.05, 3.63) is 54.1 Å². The molecule has 1 amide bonds. The fourth-order valence-electron chi connectivity index (χ4n) is 4.19. The predicted octanol–water partition coefficient (Wildman–Crippen LogP) is 3.23. The van der Waals surface area contributed by atoms with Crippen LogP contribution >= 0.6 is 0 Å². The van der Waals surface area contributed by atoms with Gasteiger partial charge < -0.3 is 19.1 Å². The van der Waals surface area contributed by atoms with Crippen LogP contribution in [0.25, 0.3) is 5.57 Å². The van der Waals surface area contributed by atoms with E-state index in [1.54, 1.807) is 32.9 Å². The molecule has 0 bridgehead atoms. The first kappa shape index (κ1) is 26.9. The Morgan fingerprint density at radius 3 is 2.17 bits per heavy atom. The van der Waals surface area contributed by atoms with Crippen molar-refractivity contribution in [3.8, 4) is 0 Å². The van der Waals surface area contributed by atoms with Gasteiger partial charge >= 0.3 is 12.1 Å². The lowest BCUT2D eigenvalue weighted by Gasteiger charge is -2.42. The van der Waals surface area contributed by atoms with Crippen LogP contribution in [0.5, 0.6) is 0 Å². The van der Waals surface area contributed by atoms with E-state index in [9.17, 15) is 18.0 Å². The predicted molar refractivity (Wildman–Crippen MR) is 132 cm³/mol. The molecule has 0 spiro atoms. The number of carbonyl (C=O) groups excluding carboxylic acids is 2. The fraction of sp³-hybridized carbons (Fsp3) is 0.520. The van der Waals surface area contributed by atoms with Crippen molar-refractivity contribution in [2.45, 2.75) is 56.1 Å². The number of amides is 1. The van der Waals surface area contributed by atoms with Crippen LogP contribution in [0.3, 0.4) is 0 Å². The van der Waals surface area contributed by atoms with E-state index in [-0.39, 0.29) is 32.4 Å². The normalized spacial score (nSPS) is 22.3. The third-order valence-electron chi connectivity index (χ3n) is 6.21. The number of carbonyl (C=O) groups is 2. The zero-order valence-electron chi connectivity index (χ0n) is 20.9. The lowest BCUT2D eigenvalue weighted by atomic mass is 9.89. The van der Waals surface area contributed by atoms with Crippen molar-refractivity contribution in [3.63, 3.8) is 0 Å². The van der Waals surface area contributed by atoms with Crippen molar-refractivity contribution < 1.29 is 32.2 Å². The largest absolute Gasteiger partial charge is 0.468 e. The van der Waals surface area contributed by atoms with E-state index < -0.39 is 38.2 Å². The number of ether oxygens (including phenoxy) is 3. The van der Waals surface area contributed by atoms with Crippen LogP contribution < -0.4 is 4.72 Å². The monoisotopic (exact) mass is 506 g/mol. The highest BCUT2D eigenvalue weighted by Gasteiger charge is 2.52. The summed E-state index contributed by atoms with van der Waals surface area (Å²) >= 11 is 0. The minimum atomic E-state index is -4.22. The molecule has 1 aromatic carbocycles. The van der Waals surface area contributed by atoms with Gasteiger partial charge in [-0.2, -0.15) is 4.72 Å². The molecule has 1 unspecified atom stereocenters. The van der Waals surface area contributed by atoms with E-state index >= 15 is 0 Å². The number of allylic oxidation sites excluding steroid dienone is 2. The molecule has 1 aliphatic carbocycles. The molecule has 1 saturated heterocycles. The molecule has 0 saturated carbocycles. The molecule has 1 aliphatic heterocycles. The highest BCUT2D eigenvalue weighted by Crippen LogP contribution is 2.35. The summed E-state index contributed by atoms with van der Waals surface area (Å²) in [6, 6.07) is 9.60.